The van der Waals surface area contributed by atoms with E-state index in [1.807, 2.05) is 0 Å². The van der Waals surface area contributed by atoms with Crippen LogP contribution in [0.1, 0.15) is 50.5 Å². The summed E-state index contributed by atoms with van der Waals surface area (Å²) in [5, 5.41) is 3.37. The number of hydrogen-bond acceptors (Lipinski definition) is 2. The molecule has 2 heteroatoms. The van der Waals surface area contributed by atoms with Crippen LogP contribution >= 0.6 is 0 Å². The Morgan fingerprint density at radius 2 is 1.85 bits per heavy atom. The third kappa shape index (κ3) is 3.35. The topological polar surface area (TPSA) is 21.3 Å². The summed E-state index contributed by atoms with van der Waals surface area (Å²) in [6, 6.07) is 8.93. The van der Waals surface area contributed by atoms with Gasteiger partial charge in [0.05, 0.1) is 6.10 Å². The van der Waals surface area contributed by atoms with Crippen molar-refractivity contribution in [3.05, 3.63) is 29.8 Å². The Bertz CT molecular complexity index is 424. The Hall–Kier alpha value is -1.02. The van der Waals surface area contributed by atoms with Gasteiger partial charge in [-0.25, -0.2) is 0 Å². The van der Waals surface area contributed by atoms with Crippen LogP contribution in [-0.2, 0) is 0 Å². The van der Waals surface area contributed by atoms with E-state index in [9.17, 15) is 0 Å². The largest absolute Gasteiger partial charge is 0.490 e. The Morgan fingerprint density at radius 1 is 1.10 bits per heavy atom. The summed E-state index contributed by atoms with van der Waals surface area (Å²) in [4.78, 5) is 0. The average molecular weight is 273 g/mol. The van der Waals surface area contributed by atoms with Crippen molar-refractivity contribution in [1.82, 2.24) is 5.32 Å². The van der Waals surface area contributed by atoms with Crippen molar-refractivity contribution in [2.75, 3.05) is 13.6 Å². The molecule has 0 amide bonds. The van der Waals surface area contributed by atoms with Crippen LogP contribution in [0.2, 0.25) is 0 Å². The Balaban J connectivity index is 1.70. The van der Waals surface area contributed by atoms with Crippen LogP contribution in [0.5, 0.6) is 5.75 Å². The fourth-order valence-electron chi connectivity index (χ4n) is 3.53. The number of ether oxygens (including phenoxy) is 1. The molecule has 2 aliphatic rings. The lowest BCUT2D eigenvalue weighted by molar-refractivity contribution is 0.244. The van der Waals surface area contributed by atoms with E-state index in [-0.39, 0.29) is 0 Å². The second-order valence-electron chi connectivity index (χ2n) is 6.73. The van der Waals surface area contributed by atoms with Gasteiger partial charge in [-0.2, -0.15) is 0 Å². The van der Waals surface area contributed by atoms with Gasteiger partial charge in [0.25, 0.3) is 0 Å². The van der Waals surface area contributed by atoms with Crippen LogP contribution in [0.4, 0.5) is 0 Å². The van der Waals surface area contributed by atoms with Gasteiger partial charge >= 0.3 is 0 Å². The minimum atomic E-state index is 0.493. The molecule has 3 unspecified atom stereocenters. The van der Waals surface area contributed by atoms with E-state index in [4.69, 9.17) is 4.74 Å². The molecular weight excluding hydrogens is 246 g/mol. The normalized spacial score (nSPS) is 30.2. The third-order valence-electron chi connectivity index (χ3n) is 4.86. The summed E-state index contributed by atoms with van der Waals surface area (Å²) in [6.07, 6.45) is 7.01. The summed E-state index contributed by atoms with van der Waals surface area (Å²) in [6.45, 7) is 3.53. The molecule has 0 bridgehead atoms. The van der Waals surface area contributed by atoms with Gasteiger partial charge < -0.3 is 10.1 Å². The molecule has 0 radical (unpaired) electrons. The molecule has 3 rings (SSSR count). The summed E-state index contributed by atoms with van der Waals surface area (Å²) < 4.78 is 5.85. The van der Waals surface area contributed by atoms with Crippen molar-refractivity contribution in [2.24, 2.45) is 11.8 Å². The van der Waals surface area contributed by atoms with Crippen LogP contribution in [0.25, 0.3) is 0 Å². The smallest absolute Gasteiger partial charge is 0.119 e. The molecule has 0 aliphatic heterocycles. The van der Waals surface area contributed by atoms with E-state index >= 15 is 0 Å². The Kier molecular flexibility index (Phi) is 4.30. The second kappa shape index (κ2) is 6.17. The summed E-state index contributed by atoms with van der Waals surface area (Å²) >= 11 is 0. The predicted octanol–water partition coefficient (Wildman–Crippen LogP) is 3.97. The zero-order valence-electron chi connectivity index (χ0n) is 12.8. The molecule has 2 aliphatic carbocycles. The van der Waals surface area contributed by atoms with Gasteiger partial charge in [-0.05, 0) is 74.7 Å². The van der Waals surface area contributed by atoms with Gasteiger partial charge in [0.15, 0.2) is 0 Å². The van der Waals surface area contributed by atoms with E-state index in [2.05, 4.69) is 43.6 Å². The van der Waals surface area contributed by atoms with Gasteiger partial charge in [0.2, 0.25) is 0 Å². The fraction of sp³-hybridized carbons (Fsp3) is 0.667. The van der Waals surface area contributed by atoms with Crippen molar-refractivity contribution in [3.8, 4) is 5.75 Å². The van der Waals surface area contributed by atoms with Crippen molar-refractivity contribution in [3.63, 3.8) is 0 Å². The SMILES string of the molecule is CNCC1CCC(C)CC1c1ccc(OC2CC2)cc1. The first-order chi connectivity index (χ1) is 9.76. The molecule has 2 fully saturated rings. The van der Waals surface area contributed by atoms with E-state index in [1.54, 1.807) is 0 Å². The van der Waals surface area contributed by atoms with Gasteiger partial charge in [-0.1, -0.05) is 25.5 Å². The molecule has 2 saturated carbocycles. The van der Waals surface area contributed by atoms with E-state index in [0.717, 1.165) is 24.1 Å². The predicted molar refractivity (Wildman–Crippen MR) is 83.3 cm³/mol. The number of nitrogens with one attached hydrogen (secondary N) is 1. The van der Waals surface area contributed by atoms with Crippen LogP contribution < -0.4 is 10.1 Å². The summed E-state index contributed by atoms with van der Waals surface area (Å²) in [5.74, 6) is 3.40. The molecule has 0 saturated heterocycles. The number of benzene rings is 1. The first-order valence-electron chi connectivity index (χ1n) is 8.17. The highest BCUT2D eigenvalue weighted by atomic mass is 16.5. The van der Waals surface area contributed by atoms with E-state index < -0.39 is 0 Å². The maximum Gasteiger partial charge on any atom is 0.119 e. The minimum absolute atomic E-state index is 0.493. The van der Waals surface area contributed by atoms with Crippen molar-refractivity contribution < 1.29 is 4.74 Å². The van der Waals surface area contributed by atoms with Gasteiger partial charge in [0, 0.05) is 0 Å². The van der Waals surface area contributed by atoms with E-state index in [1.165, 1.54) is 37.7 Å². The van der Waals surface area contributed by atoms with Crippen LogP contribution in [0.3, 0.4) is 0 Å². The Labute approximate surface area is 122 Å². The maximum atomic E-state index is 5.85. The van der Waals surface area contributed by atoms with Crippen LogP contribution in [-0.4, -0.2) is 19.7 Å². The fourth-order valence-corrected chi connectivity index (χ4v) is 3.53. The van der Waals surface area contributed by atoms with Crippen molar-refractivity contribution >= 4 is 0 Å². The highest BCUT2D eigenvalue weighted by Gasteiger charge is 2.29. The lowest BCUT2D eigenvalue weighted by atomic mass is 9.71. The monoisotopic (exact) mass is 273 g/mol. The molecule has 2 nitrogen and oxygen atoms in total. The summed E-state index contributed by atoms with van der Waals surface area (Å²) in [5.41, 5.74) is 1.50. The quantitative estimate of drug-likeness (QED) is 0.876. The highest BCUT2D eigenvalue weighted by molar-refractivity contribution is 5.30. The Morgan fingerprint density at radius 3 is 2.50 bits per heavy atom. The van der Waals surface area contributed by atoms with Crippen LogP contribution in [0, 0.1) is 11.8 Å². The molecule has 0 heterocycles. The van der Waals surface area contributed by atoms with Crippen LogP contribution in [0.15, 0.2) is 24.3 Å². The zero-order valence-corrected chi connectivity index (χ0v) is 12.8. The van der Waals surface area contributed by atoms with Gasteiger partial charge in [-0.15, -0.1) is 0 Å². The number of hydrogen-bond donors (Lipinski definition) is 1. The third-order valence-corrected chi connectivity index (χ3v) is 4.86. The minimum Gasteiger partial charge on any atom is -0.490 e. The molecule has 20 heavy (non-hydrogen) atoms. The zero-order chi connectivity index (χ0) is 13.9. The first kappa shape index (κ1) is 13.9. The standard InChI is InChI=1S/C18H27NO/c1-13-3-4-15(12-19-2)18(11-13)14-5-7-16(8-6-14)20-17-9-10-17/h5-8,13,15,17-19H,3-4,9-12H2,1-2H3. The average Bonchev–Trinajstić information content (AvgIpc) is 3.26. The molecule has 1 N–H and O–H groups in total. The molecule has 1 aromatic carbocycles. The molecule has 0 aromatic heterocycles. The van der Waals surface area contributed by atoms with Gasteiger partial charge in [0.1, 0.15) is 5.75 Å². The van der Waals surface area contributed by atoms with Crippen molar-refractivity contribution in [2.45, 2.75) is 51.0 Å². The van der Waals surface area contributed by atoms with Crippen molar-refractivity contribution in [1.29, 1.82) is 0 Å². The first-order valence-corrected chi connectivity index (χ1v) is 8.17. The highest BCUT2D eigenvalue weighted by Crippen LogP contribution is 2.40. The molecular formula is C18H27NO. The van der Waals surface area contributed by atoms with E-state index in [0.29, 0.717) is 12.0 Å². The molecule has 110 valence electrons. The second-order valence-corrected chi connectivity index (χ2v) is 6.73. The molecule has 1 aromatic rings. The molecule has 3 atom stereocenters. The maximum absolute atomic E-state index is 5.85. The lowest BCUT2D eigenvalue weighted by Gasteiger charge is -2.35. The van der Waals surface area contributed by atoms with Gasteiger partial charge in [-0.3, -0.25) is 0 Å². The lowest BCUT2D eigenvalue weighted by Crippen LogP contribution is -2.29. The summed E-state index contributed by atoms with van der Waals surface area (Å²) in [7, 11) is 2.07. The number of rotatable bonds is 5. The molecule has 0 spiro atoms.